The summed E-state index contributed by atoms with van der Waals surface area (Å²) in [5.41, 5.74) is 4.88. The Balaban J connectivity index is 1.42. The van der Waals surface area contributed by atoms with Crippen LogP contribution in [0.5, 0.6) is 5.75 Å². The number of carbonyl (C=O) groups excluding carboxylic acids is 1. The van der Waals surface area contributed by atoms with Gasteiger partial charge in [0.2, 0.25) is 0 Å². The molecule has 2 aliphatic rings. The van der Waals surface area contributed by atoms with Crippen molar-refractivity contribution in [3.05, 3.63) is 70.0 Å². The number of ether oxygens (including phenoxy) is 1. The number of aromatic amines is 1. The fourth-order valence-electron chi connectivity index (χ4n) is 4.53. The SMILES string of the molecule is COc1cccc2c1C(=O)C(N1CCc3nc(-c4ccccc4Cl)[nH]c3C1)CC2. The molecule has 148 valence electrons. The summed E-state index contributed by atoms with van der Waals surface area (Å²) in [6.07, 6.45) is 2.54. The molecule has 1 unspecified atom stereocenters. The molecule has 1 aliphatic heterocycles. The number of rotatable bonds is 3. The van der Waals surface area contributed by atoms with Crippen molar-refractivity contribution >= 4 is 17.4 Å². The number of aromatic nitrogens is 2. The Hall–Kier alpha value is -2.63. The molecule has 2 aromatic carbocycles. The smallest absolute Gasteiger partial charge is 0.183 e. The monoisotopic (exact) mass is 407 g/mol. The standard InChI is InChI=1S/C23H22ClN3O2/c1-29-20-8-4-5-14-9-10-19(22(28)21(14)20)27-12-11-17-18(13-27)26-23(25-17)15-6-2-3-7-16(15)24/h2-8,19H,9-13H2,1H3,(H,25,26). The van der Waals surface area contributed by atoms with Gasteiger partial charge in [0.05, 0.1) is 35.1 Å². The molecular formula is C23H22ClN3O2. The van der Waals surface area contributed by atoms with Crippen LogP contribution in [-0.2, 0) is 19.4 Å². The number of Topliss-reactive ketones (excluding diaryl/α,β-unsaturated/α-hetero) is 1. The van der Waals surface area contributed by atoms with E-state index in [4.69, 9.17) is 21.3 Å². The van der Waals surface area contributed by atoms with Gasteiger partial charge in [-0.05, 0) is 36.6 Å². The maximum Gasteiger partial charge on any atom is 0.183 e. The lowest BCUT2D eigenvalue weighted by Crippen LogP contribution is -2.46. The quantitative estimate of drug-likeness (QED) is 0.703. The number of methoxy groups -OCH3 is 1. The van der Waals surface area contributed by atoms with Gasteiger partial charge in [0.15, 0.2) is 5.78 Å². The Morgan fingerprint density at radius 1 is 1.17 bits per heavy atom. The summed E-state index contributed by atoms with van der Waals surface area (Å²) in [5.74, 6) is 1.64. The molecular weight excluding hydrogens is 386 g/mol. The number of halogens is 1. The van der Waals surface area contributed by atoms with Crippen molar-refractivity contribution in [2.45, 2.75) is 31.8 Å². The van der Waals surface area contributed by atoms with E-state index in [-0.39, 0.29) is 11.8 Å². The second-order valence-corrected chi connectivity index (χ2v) is 8.03. The molecule has 0 bridgehead atoms. The zero-order chi connectivity index (χ0) is 20.0. The average molecular weight is 408 g/mol. The first-order valence-electron chi connectivity index (χ1n) is 9.92. The van der Waals surface area contributed by atoms with E-state index < -0.39 is 0 Å². The third-order valence-electron chi connectivity index (χ3n) is 6.00. The molecule has 5 nitrogen and oxygen atoms in total. The lowest BCUT2D eigenvalue weighted by Gasteiger charge is -2.36. The first-order valence-corrected chi connectivity index (χ1v) is 10.3. The van der Waals surface area contributed by atoms with Crippen molar-refractivity contribution in [3.8, 4) is 17.1 Å². The number of aryl methyl sites for hydroxylation is 1. The molecule has 5 rings (SSSR count). The first-order chi connectivity index (χ1) is 14.2. The number of imidazole rings is 1. The van der Waals surface area contributed by atoms with Gasteiger partial charge in [0.25, 0.3) is 0 Å². The summed E-state index contributed by atoms with van der Waals surface area (Å²) in [5, 5.41) is 0.682. The molecule has 0 saturated carbocycles. The maximum atomic E-state index is 13.3. The maximum absolute atomic E-state index is 13.3. The Bertz CT molecular complexity index is 1080. The van der Waals surface area contributed by atoms with E-state index in [1.54, 1.807) is 7.11 Å². The Morgan fingerprint density at radius 3 is 2.86 bits per heavy atom. The van der Waals surface area contributed by atoms with Gasteiger partial charge in [-0.15, -0.1) is 0 Å². The van der Waals surface area contributed by atoms with Gasteiger partial charge in [-0.25, -0.2) is 4.98 Å². The van der Waals surface area contributed by atoms with E-state index in [1.807, 2.05) is 42.5 Å². The lowest BCUT2D eigenvalue weighted by atomic mass is 9.85. The van der Waals surface area contributed by atoms with Crippen molar-refractivity contribution in [1.29, 1.82) is 0 Å². The van der Waals surface area contributed by atoms with Gasteiger partial charge in [0, 0.05) is 25.1 Å². The number of fused-ring (bicyclic) bond motifs is 2. The van der Waals surface area contributed by atoms with E-state index >= 15 is 0 Å². The number of nitrogens with zero attached hydrogens (tertiary/aromatic N) is 2. The van der Waals surface area contributed by atoms with Gasteiger partial charge >= 0.3 is 0 Å². The average Bonchev–Trinajstić information content (AvgIpc) is 3.17. The molecule has 1 N–H and O–H groups in total. The molecule has 2 heterocycles. The van der Waals surface area contributed by atoms with E-state index in [1.165, 1.54) is 0 Å². The van der Waals surface area contributed by atoms with Gasteiger partial charge in [-0.1, -0.05) is 35.9 Å². The van der Waals surface area contributed by atoms with Crippen LogP contribution in [0.25, 0.3) is 11.4 Å². The van der Waals surface area contributed by atoms with E-state index in [0.29, 0.717) is 17.3 Å². The molecule has 29 heavy (non-hydrogen) atoms. The normalized spacial score (nSPS) is 19.0. The summed E-state index contributed by atoms with van der Waals surface area (Å²) in [6.45, 7) is 1.51. The Kier molecular flexibility index (Phi) is 4.64. The van der Waals surface area contributed by atoms with Gasteiger partial charge < -0.3 is 9.72 Å². The molecule has 0 fully saturated rings. The van der Waals surface area contributed by atoms with Crippen LogP contribution in [0.1, 0.15) is 33.7 Å². The van der Waals surface area contributed by atoms with E-state index in [0.717, 1.165) is 59.7 Å². The molecule has 0 amide bonds. The molecule has 1 aromatic heterocycles. The van der Waals surface area contributed by atoms with Crippen molar-refractivity contribution in [1.82, 2.24) is 14.9 Å². The number of hydrogen-bond donors (Lipinski definition) is 1. The van der Waals surface area contributed by atoms with Crippen LogP contribution in [0.4, 0.5) is 0 Å². The van der Waals surface area contributed by atoms with Crippen LogP contribution >= 0.6 is 11.6 Å². The van der Waals surface area contributed by atoms with Gasteiger partial charge in [0.1, 0.15) is 11.6 Å². The van der Waals surface area contributed by atoms with Crippen LogP contribution < -0.4 is 4.74 Å². The number of ketones is 1. The number of nitrogens with one attached hydrogen (secondary N) is 1. The third-order valence-corrected chi connectivity index (χ3v) is 6.33. The number of hydrogen-bond acceptors (Lipinski definition) is 4. The first kappa shape index (κ1) is 18.4. The van der Waals surface area contributed by atoms with Gasteiger partial charge in [-0.3, -0.25) is 9.69 Å². The minimum Gasteiger partial charge on any atom is -0.496 e. The summed E-state index contributed by atoms with van der Waals surface area (Å²) in [7, 11) is 1.63. The Labute approximate surface area is 174 Å². The molecule has 3 aromatic rings. The van der Waals surface area contributed by atoms with Crippen LogP contribution in [0.3, 0.4) is 0 Å². The van der Waals surface area contributed by atoms with E-state index in [2.05, 4.69) is 9.88 Å². The van der Waals surface area contributed by atoms with Crippen molar-refractivity contribution in [3.63, 3.8) is 0 Å². The molecule has 0 radical (unpaired) electrons. The fourth-order valence-corrected chi connectivity index (χ4v) is 4.76. The van der Waals surface area contributed by atoms with Crippen LogP contribution in [0.15, 0.2) is 42.5 Å². The summed E-state index contributed by atoms with van der Waals surface area (Å²) in [6, 6.07) is 13.5. The number of carbonyl (C=O) groups is 1. The van der Waals surface area contributed by atoms with E-state index in [9.17, 15) is 4.79 Å². The van der Waals surface area contributed by atoms with Gasteiger partial charge in [-0.2, -0.15) is 0 Å². The molecule has 1 aliphatic carbocycles. The predicted molar refractivity (Wildman–Crippen MR) is 113 cm³/mol. The third kappa shape index (κ3) is 3.15. The second-order valence-electron chi connectivity index (χ2n) is 7.62. The summed E-state index contributed by atoms with van der Waals surface area (Å²) in [4.78, 5) is 23.8. The zero-order valence-corrected chi connectivity index (χ0v) is 17.0. The minimum atomic E-state index is -0.126. The largest absolute Gasteiger partial charge is 0.496 e. The van der Waals surface area contributed by atoms with Crippen LogP contribution in [0, 0.1) is 0 Å². The fraction of sp³-hybridized carbons (Fsp3) is 0.304. The number of benzene rings is 2. The summed E-state index contributed by atoms with van der Waals surface area (Å²) >= 11 is 6.34. The molecule has 6 heteroatoms. The molecule has 0 spiro atoms. The Morgan fingerprint density at radius 2 is 2.03 bits per heavy atom. The van der Waals surface area contributed by atoms with Crippen molar-refractivity contribution < 1.29 is 9.53 Å². The highest BCUT2D eigenvalue weighted by Gasteiger charge is 2.36. The predicted octanol–water partition coefficient (Wildman–Crippen LogP) is 4.29. The van der Waals surface area contributed by atoms with Crippen molar-refractivity contribution in [2.75, 3.05) is 13.7 Å². The summed E-state index contributed by atoms with van der Waals surface area (Å²) < 4.78 is 5.47. The molecule has 0 saturated heterocycles. The topological polar surface area (TPSA) is 58.2 Å². The highest BCUT2D eigenvalue weighted by molar-refractivity contribution is 6.33. The van der Waals surface area contributed by atoms with Crippen molar-refractivity contribution in [2.24, 2.45) is 0 Å². The minimum absolute atomic E-state index is 0.126. The second kappa shape index (κ2) is 7.32. The zero-order valence-electron chi connectivity index (χ0n) is 16.2. The molecule has 1 atom stereocenters. The number of H-pyrrole nitrogens is 1. The lowest BCUT2D eigenvalue weighted by molar-refractivity contribution is 0.0758. The highest BCUT2D eigenvalue weighted by Crippen LogP contribution is 2.34. The van der Waals surface area contributed by atoms with Crippen LogP contribution in [0.2, 0.25) is 5.02 Å². The highest BCUT2D eigenvalue weighted by atomic mass is 35.5. The van der Waals surface area contributed by atoms with Crippen LogP contribution in [-0.4, -0.2) is 40.3 Å².